The van der Waals surface area contributed by atoms with Crippen molar-refractivity contribution in [3.63, 3.8) is 0 Å². The number of aromatic nitrogens is 1. The molecule has 23 heavy (non-hydrogen) atoms. The number of anilines is 1. The summed E-state index contributed by atoms with van der Waals surface area (Å²) in [5, 5.41) is 25.2. The number of nitrogens with one attached hydrogen (secondary N) is 2. The van der Waals surface area contributed by atoms with E-state index in [2.05, 4.69) is 9.71 Å². The number of rotatable bonds is 4. The first-order valence-electron chi connectivity index (χ1n) is 5.77. The second kappa shape index (κ2) is 7.65. The van der Waals surface area contributed by atoms with Crippen molar-refractivity contribution >= 4 is 21.4 Å². The van der Waals surface area contributed by atoms with Crippen LogP contribution in [0.1, 0.15) is 0 Å². The Labute approximate surface area is 129 Å². The van der Waals surface area contributed by atoms with Gasteiger partial charge in [0.2, 0.25) is 0 Å². The minimum absolute atomic E-state index is 0.0362. The number of hydrogen-bond donors (Lipinski definition) is 1. The first-order chi connectivity index (χ1) is 10.7. The summed E-state index contributed by atoms with van der Waals surface area (Å²) in [5.41, 5.74) is 0.241. The van der Waals surface area contributed by atoms with Crippen molar-refractivity contribution in [1.82, 2.24) is 0 Å². The molecule has 0 fully saturated rings. The normalized spacial score (nSPS) is 10.1. The van der Waals surface area contributed by atoms with Gasteiger partial charge in [-0.15, -0.1) is 0 Å². The molecule has 0 amide bonds. The van der Waals surface area contributed by atoms with Crippen molar-refractivity contribution in [2.24, 2.45) is 0 Å². The molecular weight excluding hydrogens is 332 g/mol. The van der Waals surface area contributed by atoms with E-state index in [9.17, 15) is 18.5 Å². The van der Waals surface area contributed by atoms with Crippen molar-refractivity contribution in [3.8, 4) is 0 Å². The van der Waals surface area contributed by atoms with Crippen molar-refractivity contribution in [2.45, 2.75) is 4.90 Å². The predicted octanol–water partition coefficient (Wildman–Crippen LogP) is 0.971. The molecule has 0 atom stereocenters. The largest absolute Gasteiger partial charge is 0.356 e. The molecule has 2 aromatic rings. The molecule has 0 aliphatic carbocycles. The molecule has 12 heteroatoms. The second-order valence-electron chi connectivity index (χ2n) is 3.87. The number of H-pyrrole nitrogens is 1. The van der Waals surface area contributed by atoms with Gasteiger partial charge in [-0.2, -0.15) is 0 Å². The Bertz CT molecular complexity index is 774. The molecule has 122 valence electrons. The molecule has 0 aliphatic heterocycles. The Morgan fingerprint density at radius 2 is 1.39 bits per heavy atom. The lowest BCUT2D eigenvalue weighted by molar-refractivity contribution is -0.402. The van der Waals surface area contributed by atoms with Gasteiger partial charge in [-0.1, -0.05) is 0 Å². The highest BCUT2D eigenvalue weighted by Gasteiger charge is 2.16. The van der Waals surface area contributed by atoms with Gasteiger partial charge in [0, 0.05) is 24.3 Å². The van der Waals surface area contributed by atoms with Crippen LogP contribution in [0.4, 0.5) is 11.4 Å². The zero-order chi connectivity index (χ0) is 17.5. The molecule has 0 saturated heterocycles. The summed E-state index contributed by atoms with van der Waals surface area (Å²) in [6.07, 6.45) is 3.15. The number of nitrogens with zero attached hydrogens (tertiary/aromatic N) is 2. The van der Waals surface area contributed by atoms with Gasteiger partial charge in [-0.05, 0) is 12.1 Å². The van der Waals surface area contributed by atoms with Crippen LogP contribution in [0.3, 0.4) is 0 Å². The quantitative estimate of drug-likeness (QED) is 0.637. The van der Waals surface area contributed by atoms with Crippen LogP contribution in [0.25, 0.3) is 0 Å². The minimum Gasteiger partial charge on any atom is -0.356 e. The highest BCUT2D eigenvalue weighted by atomic mass is 32.2. The van der Waals surface area contributed by atoms with Gasteiger partial charge in [-0.3, -0.25) is 14.8 Å². The molecule has 1 aromatic heterocycles. The highest BCUT2D eigenvalue weighted by molar-refractivity contribution is 7.92. The van der Waals surface area contributed by atoms with Crippen LogP contribution >= 0.6 is 0 Å². The molecule has 2 rings (SSSR count). The first-order valence-corrected chi connectivity index (χ1v) is 7.25. The number of benzene rings is 1. The average molecular weight is 342 g/mol. The maximum absolute atomic E-state index is 12.0. The number of aromatic amines is 1. The molecule has 0 unspecified atom stereocenters. The van der Waals surface area contributed by atoms with E-state index in [1.165, 1.54) is 12.1 Å². The van der Waals surface area contributed by atoms with Crippen LogP contribution in [0.2, 0.25) is 0 Å². The summed E-state index contributed by atoms with van der Waals surface area (Å²) >= 11 is 0. The standard InChI is InChI=1S/C11H9N3O4S.NO3/c15-14(16)10-1-3-11(4-2-10)19(17,18)13-9-5-7-12-8-6-9;2-1(3)4/h1-8H,(H,12,13);/q;-1/p+1. The monoisotopic (exact) mass is 342 g/mol. The number of nitro groups is 1. The molecule has 0 bridgehead atoms. The topological polar surface area (TPSA) is 170 Å². The summed E-state index contributed by atoms with van der Waals surface area (Å²) in [7, 11) is -3.74. The van der Waals surface area contributed by atoms with E-state index in [0.717, 1.165) is 12.1 Å². The summed E-state index contributed by atoms with van der Waals surface area (Å²) in [6, 6.07) is 7.79. The first kappa shape index (κ1) is 17.8. The number of non-ortho nitro benzene ring substituents is 1. The number of hydrogen-bond acceptors (Lipinski definition) is 7. The Balaban J connectivity index is 0.000000593. The van der Waals surface area contributed by atoms with Crippen LogP contribution in [-0.4, -0.2) is 18.4 Å². The van der Waals surface area contributed by atoms with Crippen molar-refractivity contribution in [3.05, 3.63) is 74.2 Å². The zero-order valence-corrected chi connectivity index (χ0v) is 12.1. The van der Waals surface area contributed by atoms with E-state index < -0.39 is 20.0 Å². The Morgan fingerprint density at radius 1 is 0.913 bits per heavy atom. The molecule has 0 aliphatic rings. The predicted molar refractivity (Wildman–Crippen MR) is 77.3 cm³/mol. The van der Waals surface area contributed by atoms with Gasteiger partial charge in [0.25, 0.3) is 15.7 Å². The van der Waals surface area contributed by atoms with E-state index in [0.29, 0.717) is 5.69 Å². The fraction of sp³-hybridized carbons (Fsp3) is 0. The molecule has 1 heterocycles. The molecule has 2 N–H and O–H groups in total. The van der Waals surface area contributed by atoms with Gasteiger partial charge in [-0.25, -0.2) is 13.4 Å². The number of sulfonamides is 1. The lowest BCUT2D eigenvalue weighted by Crippen LogP contribution is -2.13. The maximum Gasteiger partial charge on any atom is 0.269 e. The van der Waals surface area contributed by atoms with Crippen LogP contribution in [0.5, 0.6) is 0 Å². The third kappa shape index (κ3) is 5.92. The van der Waals surface area contributed by atoms with E-state index in [1.54, 1.807) is 24.5 Å². The van der Waals surface area contributed by atoms with Crippen LogP contribution in [0, 0.1) is 25.4 Å². The summed E-state index contributed by atoms with van der Waals surface area (Å²) in [6.45, 7) is 0. The van der Waals surface area contributed by atoms with Gasteiger partial charge in [0.05, 0.1) is 20.6 Å². The average Bonchev–Trinajstić information content (AvgIpc) is 2.47. The smallest absolute Gasteiger partial charge is 0.269 e. The minimum atomic E-state index is -3.74. The van der Waals surface area contributed by atoms with Crippen molar-refractivity contribution in [1.29, 1.82) is 0 Å². The summed E-state index contributed by atoms with van der Waals surface area (Å²) in [5.74, 6) is 0. The molecule has 0 radical (unpaired) electrons. The Hall–Kier alpha value is -3.28. The fourth-order valence-electron chi connectivity index (χ4n) is 1.42. The zero-order valence-electron chi connectivity index (χ0n) is 11.3. The Morgan fingerprint density at radius 3 is 1.83 bits per heavy atom. The lowest BCUT2D eigenvalue weighted by Gasteiger charge is -2.06. The molecule has 0 saturated carbocycles. The fourth-order valence-corrected chi connectivity index (χ4v) is 2.47. The lowest BCUT2D eigenvalue weighted by atomic mass is 10.3. The van der Waals surface area contributed by atoms with Crippen LogP contribution < -0.4 is 9.71 Å². The number of nitro benzene ring substituents is 1. The van der Waals surface area contributed by atoms with Crippen LogP contribution in [-0.2, 0) is 10.0 Å². The van der Waals surface area contributed by atoms with Gasteiger partial charge < -0.3 is 15.3 Å². The van der Waals surface area contributed by atoms with E-state index in [4.69, 9.17) is 15.3 Å². The van der Waals surface area contributed by atoms with Gasteiger partial charge >= 0.3 is 0 Å². The highest BCUT2D eigenvalue weighted by Crippen LogP contribution is 2.18. The second-order valence-corrected chi connectivity index (χ2v) is 5.55. The third-order valence-electron chi connectivity index (χ3n) is 2.33. The maximum atomic E-state index is 12.0. The molecule has 11 nitrogen and oxygen atoms in total. The number of pyridine rings is 1. The molecule has 0 spiro atoms. The summed E-state index contributed by atoms with van der Waals surface area (Å²) in [4.78, 5) is 20.9. The van der Waals surface area contributed by atoms with Gasteiger partial charge in [0.15, 0.2) is 12.4 Å². The van der Waals surface area contributed by atoms with E-state index in [1.807, 2.05) is 0 Å². The van der Waals surface area contributed by atoms with E-state index in [-0.39, 0.29) is 10.6 Å². The summed E-state index contributed by atoms with van der Waals surface area (Å²) < 4.78 is 26.3. The van der Waals surface area contributed by atoms with Crippen molar-refractivity contribution in [2.75, 3.05) is 4.72 Å². The van der Waals surface area contributed by atoms with Crippen molar-refractivity contribution < 1.29 is 23.4 Å². The third-order valence-corrected chi connectivity index (χ3v) is 3.73. The Kier molecular flexibility index (Phi) is 5.91. The SMILES string of the molecule is O=[N+]([O-])[O-].O=[N+]([O-])c1ccc(S(=O)(=O)Nc2cc[nH+]cc2)cc1. The van der Waals surface area contributed by atoms with E-state index >= 15 is 0 Å². The van der Waals surface area contributed by atoms with Crippen LogP contribution in [0.15, 0.2) is 53.7 Å². The molecular formula is C11H10N4O7S. The molecule has 1 aromatic carbocycles. The van der Waals surface area contributed by atoms with Gasteiger partial charge in [0.1, 0.15) is 0 Å².